The molecule has 0 aromatic heterocycles. The summed E-state index contributed by atoms with van der Waals surface area (Å²) in [6, 6.07) is -3.80. The number of hydrogen-bond acceptors (Lipinski definition) is 8. The molecule has 0 aromatic carbocycles. The molecule has 0 aromatic rings. The van der Waals surface area contributed by atoms with Crippen molar-refractivity contribution in [2.45, 2.75) is 63.7 Å². The second kappa shape index (κ2) is 16.2. The third-order valence-electron chi connectivity index (χ3n) is 4.64. The van der Waals surface area contributed by atoms with E-state index in [1.165, 1.54) is 11.8 Å². The van der Waals surface area contributed by atoms with Crippen molar-refractivity contribution in [1.29, 1.82) is 0 Å². The summed E-state index contributed by atoms with van der Waals surface area (Å²) in [5, 5.41) is 17.0. The minimum Gasteiger partial charge on any atom is -0.480 e. The standard InChI is InChI=1S/C19H37N5O5S2/c1-11(2)15(21)18(27)24-14(10-30)17(26)22-12(6-4-5-8-20)16(25)23-13(19(28)29)7-9-31-3/h11-15,30H,4-10,20-21H2,1-3H3,(H,22,26)(H,23,25)(H,24,27)(H,28,29). The lowest BCUT2D eigenvalue weighted by molar-refractivity contribution is -0.142. The van der Waals surface area contributed by atoms with Crippen LogP contribution in [0.1, 0.15) is 39.5 Å². The maximum atomic E-state index is 12.7. The summed E-state index contributed by atoms with van der Waals surface area (Å²) in [5.74, 6) is -2.37. The maximum absolute atomic E-state index is 12.7. The number of amides is 3. The van der Waals surface area contributed by atoms with Gasteiger partial charge in [-0.3, -0.25) is 14.4 Å². The van der Waals surface area contributed by atoms with Crippen molar-refractivity contribution in [2.24, 2.45) is 17.4 Å². The van der Waals surface area contributed by atoms with Crippen LogP contribution in [0, 0.1) is 5.92 Å². The molecule has 180 valence electrons. The van der Waals surface area contributed by atoms with Crippen molar-refractivity contribution in [3.8, 4) is 0 Å². The molecule has 0 spiro atoms. The number of thioether (sulfide) groups is 1. The fourth-order valence-electron chi connectivity index (χ4n) is 2.56. The van der Waals surface area contributed by atoms with Crippen molar-refractivity contribution in [1.82, 2.24) is 16.0 Å². The molecule has 0 aliphatic carbocycles. The van der Waals surface area contributed by atoms with E-state index >= 15 is 0 Å². The molecule has 31 heavy (non-hydrogen) atoms. The van der Waals surface area contributed by atoms with E-state index in [-0.39, 0.29) is 24.5 Å². The Bertz CT molecular complexity index is 594. The molecule has 0 aliphatic rings. The number of hydrogen-bond donors (Lipinski definition) is 7. The van der Waals surface area contributed by atoms with Crippen molar-refractivity contribution >= 4 is 48.1 Å². The number of unbranched alkanes of at least 4 members (excludes halogenated alkanes) is 1. The zero-order valence-corrected chi connectivity index (χ0v) is 20.1. The minimum absolute atomic E-state index is 0.00496. The first-order valence-electron chi connectivity index (χ1n) is 10.3. The molecule has 8 N–H and O–H groups in total. The fourth-order valence-corrected chi connectivity index (χ4v) is 3.29. The first kappa shape index (κ1) is 29.5. The van der Waals surface area contributed by atoms with E-state index < -0.39 is 47.9 Å². The Morgan fingerprint density at radius 3 is 1.97 bits per heavy atom. The van der Waals surface area contributed by atoms with E-state index in [9.17, 15) is 24.3 Å². The summed E-state index contributed by atoms with van der Waals surface area (Å²) in [4.78, 5) is 49.1. The molecule has 12 heteroatoms. The number of carbonyl (C=O) groups is 4. The van der Waals surface area contributed by atoms with Crippen LogP contribution in [0.25, 0.3) is 0 Å². The zero-order valence-electron chi connectivity index (χ0n) is 18.4. The first-order chi connectivity index (χ1) is 14.6. The molecule has 0 saturated heterocycles. The van der Waals surface area contributed by atoms with Gasteiger partial charge in [-0.05, 0) is 50.2 Å². The largest absolute Gasteiger partial charge is 0.480 e. The molecular formula is C19H37N5O5S2. The second-order valence-electron chi connectivity index (χ2n) is 7.54. The highest BCUT2D eigenvalue weighted by atomic mass is 32.2. The summed E-state index contributed by atoms with van der Waals surface area (Å²) in [5.41, 5.74) is 11.3. The Morgan fingerprint density at radius 2 is 1.48 bits per heavy atom. The van der Waals surface area contributed by atoms with E-state index in [1.54, 1.807) is 13.8 Å². The third-order valence-corrected chi connectivity index (χ3v) is 5.65. The quantitative estimate of drug-likeness (QED) is 0.112. The molecule has 0 radical (unpaired) electrons. The van der Waals surface area contributed by atoms with Crippen LogP contribution in [0.15, 0.2) is 0 Å². The molecule has 0 bridgehead atoms. The number of nitrogens with two attached hydrogens (primary N) is 2. The van der Waals surface area contributed by atoms with Crippen molar-refractivity contribution in [3.05, 3.63) is 0 Å². The van der Waals surface area contributed by atoms with E-state index in [1.807, 2.05) is 6.26 Å². The van der Waals surface area contributed by atoms with E-state index in [0.29, 0.717) is 25.1 Å². The molecule has 0 rings (SSSR count). The Labute approximate surface area is 193 Å². The summed E-state index contributed by atoms with van der Waals surface area (Å²) < 4.78 is 0. The van der Waals surface area contributed by atoms with Gasteiger partial charge in [0.05, 0.1) is 6.04 Å². The van der Waals surface area contributed by atoms with Gasteiger partial charge in [0, 0.05) is 5.75 Å². The van der Waals surface area contributed by atoms with Gasteiger partial charge in [0.2, 0.25) is 17.7 Å². The lowest BCUT2D eigenvalue weighted by atomic mass is 10.0. The fraction of sp³-hybridized carbons (Fsp3) is 0.789. The molecule has 4 atom stereocenters. The van der Waals surface area contributed by atoms with Gasteiger partial charge in [-0.1, -0.05) is 13.8 Å². The van der Waals surface area contributed by atoms with Gasteiger partial charge in [-0.2, -0.15) is 24.4 Å². The molecule has 0 heterocycles. The van der Waals surface area contributed by atoms with Crippen LogP contribution >= 0.6 is 24.4 Å². The van der Waals surface area contributed by atoms with Gasteiger partial charge in [-0.25, -0.2) is 4.79 Å². The van der Waals surface area contributed by atoms with Gasteiger partial charge in [-0.15, -0.1) is 0 Å². The van der Waals surface area contributed by atoms with Crippen molar-refractivity contribution < 1.29 is 24.3 Å². The second-order valence-corrected chi connectivity index (χ2v) is 8.89. The normalized spacial score (nSPS) is 14.9. The Kier molecular flexibility index (Phi) is 15.4. The molecule has 0 saturated carbocycles. The predicted molar refractivity (Wildman–Crippen MR) is 126 cm³/mol. The van der Waals surface area contributed by atoms with Gasteiger partial charge in [0.15, 0.2) is 0 Å². The van der Waals surface area contributed by atoms with Gasteiger partial charge < -0.3 is 32.5 Å². The molecule has 0 aliphatic heterocycles. The zero-order chi connectivity index (χ0) is 24.0. The van der Waals surface area contributed by atoms with Crippen molar-refractivity contribution in [2.75, 3.05) is 24.3 Å². The van der Waals surface area contributed by atoms with Crippen LogP contribution in [0.2, 0.25) is 0 Å². The number of aliphatic carboxylic acids is 1. The van der Waals surface area contributed by atoms with Gasteiger partial charge >= 0.3 is 5.97 Å². The van der Waals surface area contributed by atoms with Crippen LogP contribution in [0.5, 0.6) is 0 Å². The lowest BCUT2D eigenvalue weighted by Gasteiger charge is -2.25. The van der Waals surface area contributed by atoms with Crippen LogP contribution < -0.4 is 27.4 Å². The topological polar surface area (TPSA) is 177 Å². The Hall–Kier alpha value is -1.50. The highest BCUT2D eigenvalue weighted by Crippen LogP contribution is 2.06. The molecule has 10 nitrogen and oxygen atoms in total. The summed E-state index contributed by atoms with van der Waals surface area (Å²) in [6.07, 6.45) is 3.59. The van der Waals surface area contributed by atoms with Gasteiger partial charge in [0.1, 0.15) is 18.1 Å². The SMILES string of the molecule is CSCCC(NC(=O)C(CCCCN)NC(=O)C(CS)NC(=O)C(N)C(C)C)C(=O)O. The molecule has 0 fully saturated rings. The number of carbonyl (C=O) groups excluding carboxylic acids is 3. The monoisotopic (exact) mass is 479 g/mol. The number of nitrogens with one attached hydrogen (secondary N) is 3. The number of rotatable bonds is 16. The minimum atomic E-state index is -1.14. The van der Waals surface area contributed by atoms with Crippen LogP contribution in [0.4, 0.5) is 0 Å². The van der Waals surface area contributed by atoms with E-state index in [0.717, 1.165) is 0 Å². The molecule has 3 amide bonds. The van der Waals surface area contributed by atoms with E-state index in [2.05, 4.69) is 28.6 Å². The Balaban J connectivity index is 5.24. The number of carboxylic acid groups (broad SMARTS) is 1. The predicted octanol–water partition coefficient (Wildman–Crippen LogP) is -0.679. The number of thiol groups is 1. The first-order valence-corrected chi connectivity index (χ1v) is 12.3. The average molecular weight is 480 g/mol. The number of carboxylic acids is 1. The van der Waals surface area contributed by atoms with E-state index in [4.69, 9.17) is 11.5 Å². The van der Waals surface area contributed by atoms with Crippen LogP contribution in [0.3, 0.4) is 0 Å². The molecule has 4 unspecified atom stereocenters. The maximum Gasteiger partial charge on any atom is 0.326 e. The highest BCUT2D eigenvalue weighted by Gasteiger charge is 2.29. The summed E-state index contributed by atoms with van der Waals surface area (Å²) in [6.45, 7) is 4.00. The molecular weight excluding hydrogens is 442 g/mol. The smallest absolute Gasteiger partial charge is 0.326 e. The average Bonchev–Trinajstić information content (AvgIpc) is 2.72. The summed E-state index contributed by atoms with van der Waals surface area (Å²) in [7, 11) is 0. The van der Waals surface area contributed by atoms with Crippen molar-refractivity contribution in [3.63, 3.8) is 0 Å². The van der Waals surface area contributed by atoms with Gasteiger partial charge in [0.25, 0.3) is 0 Å². The Morgan fingerprint density at radius 1 is 0.935 bits per heavy atom. The van der Waals surface area contributed by atoms with Crippen LogP contribution in [-0.4, -0.2) is 77.3 Å². The lowest BCUT2D eigenvalue weighted by Crippen LogP contribution is -2.58. The third kappa shape index (κ3) is 11.6. The highest BCUT2D eigenvalue weighted by molar-refractivity contribution is 7.98. The summed E-state index contributed by atoms with van der Waals surface area (Å²) >= 11 is 5.59. The van der Waals surface area contributed by atoms with Crippen LogP contribution in [-0.2, 0) is 19.2 Å².